The number of para-hydroxylation sites is 1. The zero-order valence-corrected chi connectivity index (χ0v) is 12.6. The minimum atomic E-state index is -0.376. The van der Waals surface area contributed by atoms with Crippen molar-refractivity contribution in [2.24, 2.45) is 0 Å². The molecule has 0 saturated carbocycles. The lowest BCUT2D eigenvalue weighted by Gasteiger charge is -2.16. The van der Waals surface area contributed by atoms with Gasteiger partial charge in [0, 0.05) is 16.5 Å². The van der Waals surface area contributed by atoms with Crippen LogP contribution in [0.5, 0.6) is 0 Å². The van der Waals surface area contributed by atoms with Crippen LogP contribution in [0.15, 0.2) is 54.6 Å². The molecule has 1 heterocycles. The first-order valence-corrected chi connectivity index (χ1v) is 7.99. The molecule has 1 fully saturated rings. The van der Waals surface area contributed by atoms with E-state index in [1.165, 1.54) is 0 Å². The number of hydrogen-bond donors (Lipinski definition) is 1. The van der Waals surface area contributed by atoms with E-state index in [2.05, 4.69) is 5.32 Å². The van der Waals surface area contributed by atoms with Gasteiger partial charge in [-0.2, -0.15) is 0 Å². The van der Waals surface area contributed by atoms with Crippen molar-refractivity contribution in [2.75, 3.05) is 11.3 Å². The van der Waals surface area contributed by atoms with Crippen molar-refractivity contribution in [3.8, 4) is 11.1 Å². The minimum Gasteiger partial charge on any atom is -0.357 e. The van der Waals surface area contributed by atoms with Crippen LogP contribution in [0, 0.1) is 0 Å². The van der Waals surface area contributed by atoms with E-state index in [0.717, 1.165) is 16.8 Å². The monoisotopic (exact) mass is 299 g/mol. The maximum atomic E-state index is 12.4. The highest BCUT2D eigenvalue weighted by Gasteiger charge is 2.31. The molecule has 0 aliphatic carbocycles. The molecule has 1 amide bonds. The highest BCUT2D eigenvalue weighted by Crippen LogP contribution is 2.30. The van der Waals surface area contributed by atoms with Gasteiger partial charge >= 0.3 is 0 Å². The fourth-order valence-electron chi connectivity index (χ4n) is 2.40. The lowest BCUT2D eigenvalue weighted by Crippen LogP contribution is -2.33. The van der Waals surface area contributed by atoms with Crippen LogP contribution in [0.1, 0.15) is 6.92 Å². The predicted octanol–water partition coefficient (Wildman–Crippen LogP) is 3.77. The molecular weight excluding hydrogens is 282 g/mol. The average Bonchev–Trinajstić information content (AvgIpc) is 2.95. The van der Waals surface area contributed by atoms with Gasteiger partial charge in [0.2, 0.25) is 0 Å². The normalized spacial score (nSPS) is 21.2. The van der Waals surface area contributed by atoms with Crippen LogP contribution in [0.4, 0.5) is 5.69 Å². The first-order chi connectivity index (χ1) is 10.3. The van der Waals surface area contributed by atoms with Crippen LogP contribution in [-0.4, -0.2) is 23.2 Å². The summed E-state index contributed by atoms with van der Waals surface area (Å²) >= 11 is 1.66. The van der Waals surface area contributed by atoms with Gasteiger partial charge in [0.1, 0.15) is 6.10 Å². The molecule has 21 heavy (non-hydrogen) atoms. The largest absolute Gasteiger partial charge is 0.357 e. The van der Waals surface area contributed by atoms with Gasteiger partial charge in [0.25, 0.3) is 5.91 Å². The SMILES string of the molecule is CC1SCOC1C(=O)Nc1ccccc1-c1ccccc1. The van der Waals surface area contributed by atoms with Crippen molar-refractivity contribution < 1.29 is 9.53 Å². The Bertz CT molecular complexity index is 630. The summed E-state index contributed by atoms with van der Waals surface area (Å²) < 4.78 is 5.50. The molecule has 1 N–H and O–H groups in total. The minimum absolute atomic E-state index is 0.0733. The Morgan fingerprint density at radius 1 is 1.14 bits per heavy atom. The van der Waals surface area contributed by atoms with Crippen molar-refractivity contribution in [1.29, 1.82) is 0 Å². The Hall–Kier alpha value is -1.78. The zero-order valence-electron chi connectivity index (χ0n) is 11.8. The van der Waals surface area contributed by atoms with Gasteiger partial charge in [0.05, 0.1) is 5.94 Å². The van der Waals surface area contributed by atoms with Crippen molar-refractivity contribution in [1.82, 2.24) is 0 Å². The van der Waals surface area contributed by atoms with Crippen molar-refractivity contribution in [3.63, 3.8) is 0 Å². The maximum Gasteiger partial charge on any atom is 0.254 e. The Morgan fingerprint density at radius 3 is 2.57 bits per heavy atom. The number of carbonyl (C=O) groups excluding carboxylic acids is 1. The Kier molecular flexibility index (Phi) is 4.27. The van der Waals surface area contributed by atoms with Crippen LogP contribution >= 0.6 is 11.8 Å². The van der Waals surface area contributed by atoms with Crippen LogP contribution in [-0.2, 0) is 9.53 Å². The second-order valence-electron chi connectivity index (χ2n) is 4.98. The van der Waals surface area contributed by atoms with Crippen LogP contribution in [0.2, 0.25) is 0 Å². The first-order valence-electron chi connectivity index (χ1n) is 6.94. The summed E-state index contributed by atoms with van der Waals surface area (Å²) in [7, 11) is 0. The van der Waals surface area contributed by atoms with E-state index in [1.54, 1.807) is 11.8 Å². The second kappa shape index (κ2) is 6.33. The van der Waals surface area contributed by atoms with E-state index >= 15 is 0 Å². The molecule has 2 aromatic rings. The summed E-state index contributed by atoms with van der Waals surface area (Å²) in [4.78, 5) is 12.4. The van der Waals surface area contributed by atoms with Gasteiger partial charge in [-0.15, -0.1) is 11.8 Å². The molecule has 2 atom stereocenters. The van der Waals surface area contributed by atoms with Crippen LogP contribution < -0.4 is 5.32 Å². The molecule has 1 aliphatic heterocycles. The molecule has 2 aromatic carbocycles. The van der Waals surface area contributed by atoms with Gasteiger partial charge < -0.3 is 10.1 Å². The third kappa shape index (κ3) is 3.12. The highest BCUT2D eigenvalue weighted by molar-refractivity contribution is 8.00. The van der Waals surface area contributed by atoms with Crippen molar-refractivity contribution >= 4 is 23.4 Å². The average molecular weight is 299 g/mol. The number of rotatable bonds is 3. The molecule has 2 unspecified atom stereocenters. The van der Waals surface area contributed by atoms with E-state index in [4.69, 9.17) is 4.74 Å². The molecule has 3 nitrogen and oxygen atoms in total. The van der Waals surface area contributed by atoms with Crippen LogP contribution in [0.25, 0.3) is 11.1 Å². The Balaban J connectivity index is 1.85. The Labute approximate surface area is 128 Å². The Morgan fingerprint density at radius 2 is 1.86 bits per heavy atom. The summed E-state index contributed by atoms with van der Waals surface area (Å²) in [6.45, 7) is 2.02. The smallest absolute Gasteiger partial charge is 0.254 e. The number of nitrogens with one attached hydrogen (secondary N) is 1. The second-order valence-corrected chi connectivity index (χ2v) is 6.29. The molecule has 3 rings (SSSR count). The topological polar surface area (TPSA) is 38.3 Å². The van der Waals surface area contributed by atoms with Gasteiger partial charge in [-0.25, -0.2) is 0 Å². The van der Waals surface area contributed by atoms with E-state index < -0.39 is 0 Å². The third-order valence-electron chi connectivity index (χ3n) is 3.53. The summed E-state index contributed by atoms with van der Waals surface area (Å²) in [5, 5.41) is 3.19. The third-order valence-corrected chi connectivity index (χ3v) is 4.58. The van der Waals surface area contributed by atoms with Crippen molar-refractivity contribution in [2.45, 2.75) is 18.3 Å². The first kappa shape index (κ1) is 14.2. The van der Waals surface area contributed by atoms with Crippen molar-refractivity contribution in [3.05, 3.63) is 54.6 Å². The molecule has 1 aliphatic rings. The molecule has 0 radical (unpaired) electrons. The molecule has 0 bridgehead atoms. The number of ether oxygens (including phenoxy) is 1. The number of benzene rings is 2. The number of amides is 1. The summed E-state index contributed by atoms with van der Waals surface area (Å²) in [6, 6.07) is 17.9. The predicted molar refractivity (Wildman–Crippen MR) is 87.3 cm³/mol. The maximum absolute atomic E-state index is 12.4. The van der Waals surface area contributed by atoms with E-state index in [1.807, 2.05) is 61.5 Å². The molecular formula is C17H17NO2S. The summed E-state index contributed by atoms with van der Waals surface area (Å²) in [5.41, 5.74) is 2.93. The van der Waals surface area contributed by atoms with Gasteiger partial charge in [-0.3, -0.25) is 4.79 Å². The fraction of sp³-hybridized carbons (Fsp3) is 0.235. The summed E-state index contributed by atoms with van der Waals surface area (Å²) in [5.74, 6) is 0.510. The zero-order chi connectivity index (χ0) is 14.7. The van der Waals surface area contributed by atoms with E-state index in [9.17, 15) is 4.79 Å². The molecule has 1 saturated heterocycles. The standard InChI is InChI=1S/C17H17NO2S/c1-12-16(20-11-21-12)17(19)18-15-10-6-5-9-14(15)13-7-3-2-4-8-13/h2-10,12,16H,11H2,1H3,(H,18,19). The van der Waals surface area contributed by atoms with Gasteiger partial charge in [-0.1, -0.05) is 55.5 Å². The molecule has 108 valence electrons. The molecule has 0 spiro atoms. The molecule has 4 heteroatoms. The van der Waals surface area contributed by atoms with Gasteiger partial charge in [0.15, 0.2) is 0 Å². The number of thioether (sulfide) groups is 1. The van der Waals surface area contributed by atoms with E-state index in [0.29, 0.717) is 5.94 Å². The van der Waals surface area contributed by atoms with E-state index in [-0.39, 0.29) is 17.3 Å². The lowest BCUT2D eigenvalue weighted by molar-refractivity contribution is -0.125. The fourth-order valence-corrected chi connectivity index (χ4v) is 3.21. The number of anilines is 1. The quantitative estimate of drug-likeness (QED) is 0.937. The van der Waals surface area contributed by atoms with Crippen LogP contribution in [0.3, 0.4) is 0 Å². The number of hydrogen-bond acceptors (Lipinski definition) is 3. The molecule has 0 aromatic heterocycles. The van der Waals surface area contributed by atoms with Gasteiger partial charge in [-0.05, 0) is 11.6 Å². The summed E-state index contributed by atoms with van der Waals surface area (Å²) in [6.07, 6.45) is -0.376. The lowest BCUT2D eigenvalue weighted by atomic mass is 10.0. The number of carbonyl (C=O) groups is 1. The highest BCUT2D eigenvalue weighted by atomic mass is 32.2.